The summed E-state index contributed by atoms with van der Waals surface area (Å²) in [6, 6.07) is 5.83. The molecular formula is C22H27N3O5. The molecular weight excluding hydrogens is 386 g/mol. The average Bonchev–Trinajstić information content (AvgIpc) is 3.53. The second-order valence-electron chi connectivity index (χ2n) is 8.20. The molecule has 2 N–H and O–H groups in total. The lowest BCUT2D eigenvalue weighted by atomic mass is 9.73. The number of carbonyl (C=O) groups excluding carboxylic acids is 1. The summed E-state index contributed by atoms with van der Waals surface area (Å²) in [7, 11) is 0. The molecule has 0 aliphatic carbocycles. The van der Waals surface area contributed by atoms with Crippen molar-refractivity contribution in [3.05, 3.63) is 54.2 Å². The molecule has 3 fully saturated rings. The van der Waals surface area contributed by atoms with Gasteiger partial charge in [0.2, 0.25) is 0 Å². The number of likely N-dealkylation sites (tertiary alicyclic amines) is 1. The summed E-state index contributed by atoms with van der Waals surface area (Å²) in [4.78, 5) is 27.4. The van der Waals surface area contributed by atoms with Crippen molar-refractivity contribution in [1.82, 2.24) is 15.2 Å². The van der Waals surface area contributed by atoms with Gasteiger partial charge in [0.15, 0.2) is 0 Å². The van der Waals surface area contributed by atoms with E-state index < -0.39 is 0 Å². The fraction of sp³-hybridized carbons (Fsp3) is 0.500. The van der Waals surface area contributed by atoms with E-state index in [2.05, 4.69) is 21.3 Å². The van der Waals surface area contributed by atoms with Crippen LogP contribution in [-0.4, -0.2) is 65.3 Å². The van der Waals surface area contributed by atoms with Gasteiger partial charge in [-0.1, -0.05) is 6.07 Å². The number of pyridine rings is 1. The minimum atomic E-state index is -0.250. The van der Waals surface area contributed by atoms with Crippen molar-refractivity contribution in [3.8, 4) is 0 Å². The number of ether oxygens (including phenoxy) is 1. The molecule has 2 aromatic rings. The molecule has 160 valence electrons. The maximum atomic E-state index is 12.3. The maximum absolute atomic E-state index is 12.3. The summed E-state index contributed by atoms with van der Waals surface area (Å²) in [5.74, 6) is 0.847. The fourth-order valence-electron chi connectivity index (χ4n) is 5.27. The van der Waals surface area contributed by atoms with Gasteiger partial charge >= 0.3 is 0 Å². The normalized spacial score (nSPS) is 29.1. The largest absolute Gasteiger partial charge is 0.483 e. The summed E-state index contributed by atoms with van der Waals surface area (Å²) in [5.41, 5.74) is 1.87. The first kappa shape index (κ1) is 20.6. The van der Waals surface area contributed by atoms with Crippen LogP contribution >= 0.6 is 0 Å². The zero-order valence-corrected chi connectivity index (χ0v) is 16.8. The molecule has 5 rings (SSSR count). The Balaban J connectivity index is 0.000000687. The number of carboxylic acid groups (broad SMARTS) is 1. The van der Waals surface area contributed by atoms with Gasteiger partial charge in [0.05, 0.1) is 23.5 Å². The lowest BCUT2D eigenvalue weighted by Gasteiger charge is -2.29. The van der Waals surface area contributed by atoms with Crippen molar-refractivity contribution < 1.29 is 23.8 Å². The topological polar surface area (TPSA) is 105 Å². The highest BCUT2D eigenvalue weighted by Gasteiger charge is 2.62. The second-order valence-corrected chi connectivity index (χ2v) is 8.20. The molecule has 3 aliphatic heterocycles. The monoisotopic (exact) mass is 413 g/mol. The fourth-order valence-corrected chi connectivity index (χ4v) is 5.27. The molecule has 3 saturated heterocycles. The lowest BCUT2D eigenvalue weighted by Crippen LogP contribution is -2.41. The molecule has 0 unspecified atom stereocenters. The van der Waals surface area contributed by atoms with Gasteiger partial charge in [-0.25, -0.2) is 0 Å². The minimum absolute atomic E-state index is 0.00460. The second kappa shape index (κ2) is 8.97. The number of aromatic nitrogens is 1. The molecule has 5 heterocycles. The predicted molar refractivity (Wildman–Crippen MR) is 108 cm³/mol. The van der Waals surface area contributed by atoms with E-state index in [9.17, 15) is 4.79 Å². The summed E-state index contributed by atoms with van der Waals surface area (Å²) < 4.78 is 11.5. The molecule has 0 saturated carbocycles. The summed E-state index contributed by atoms with van der Waals surface area (Å²) in [6.45, 7) is 3.53. The highest BCUT2D eigenvalue weighted by molar-refractivity contribution is 5.93. The van der Waals surface area contributed by atoms with E-state index in [4.69, 9.17) is 19.1 Å². The molecule has 8 nitrogen and oxygen atoms in total. The number of amides is 1. The number of carbonyl (C=O) groups is 2. The van der Waals surface area contributed by atoms with Crippen LogP contribution in [0.3, 0.4) is 0 Å². The molecule has 4 atom stereocenters. The Morgan fingerprint density at radius 2 is 2.30 bits per heavy atom. The number of fused-ring (bicyclic) bond motifs is 1. The van der Waals surface area contributed by atoms with Gasteiger partial charge in [-0.3, -0.25) is 19.5 Å². The first-order valence-electron chi connectivity index (χ1n) is 10.3. The number of furan rings is 1. The maximum Gasteiger partial charge on any atom is 0.290 e. The highest BCUT2D eigenvalue weighted by atomic mass is 16.5. The van der Waals surface area contributed by atoms with Crippen LogP contribution in [0.5, 0.6) is 0 Å². The first-order valence-corrected chi connectivity index (χ1v) is 10.3. The van der Waals surface area contributed by atoms with E-state index in [1.165, 1.54) is 18.1 Å². The van der Waals surface area contributed by atoms with E-state index in [0.29, 0.717) is 30.0 Å². The van der Waals surface area contributed by atoms with Gasteiger partial charge in [-0.15, -0.1) is 0 Å². The van der Waals surface area contributed by atoms with Crippen LogP contribution in [0.4, 0.5) is 0 Å². The van der Waals surface area contributed by atoms with Crippen LogP contribution in [0.2, 0.25) is 0 Å². The molecule has 3 aliphatic rings. The SMILES string of the molecule is O=C(NC[C@H]1[C@H]2CN(CCc3cccnc3)C[C@]23CC[C@H]1O3)c1ccoc1.O=CO. The third-order valence-corrected chi connectivity index (χ3v) is 6.58. The number of rotatable bonds is 6. The third kappa shape index (κ3) is 4.11. The Morgan fingerprint density at radius 1 is 1.43 bits per heavy atom. The van der Waals surface area contributed by atoms with Gasteiger partial charge in [0, 0.05) is 50.4 Å². The van der Waals surface area contributed by atoms with Gasteiger partial charge in [0.1, 0.15) is 6.26 Å². The smallest absolute Gasteiger partial charge is 0.290 e. The van der Waals surface area contributed by atoms with Gasteiger partial charge in [-0.05, 0) is 37.0 Å². The zero-order chi connectivity index (χ0) is 21.0. The Labute approximate surface area is 175 Å². The van der Waals surface area contributed by atoms with Crippen molar-refractivity contribution in [2.75, 3.05) is 26.2 Å². The molecule has 8 heteroatoms. The van der Waals surface area contributed by atoms with Gasteiger partial charge in [0.25, 0.3) is 12.4 Å². The Bertz CT molecular complexity index is 844. The van der Waals surface area contributed by atoms with Gasteiger partial charge in [-0.2, -0.15) is 0 Å². The molecule has 30 heavy (non-hydrogen) atoms. The minimum Gasteiger partial charge on any atom is -0.483 e. The number of hydrogen-bond donors (Lipinski definition) is 2. The van der Waals surface area contributed by atoms with Crippen molar-refractivity contribution in [2.24, 2.45) is 11.8 Å². The van der Waals surface area contributed by atoms with E-state index in [-0.39, 0.29) is 18.0 Å². The lowest BCUT2D eigenvalue weighted by molar-refractivity contribution is -0.122. The zero-order valence-electron chi connectivity index (χ0n) is 16.8. The van der Waals surface area contributed by atoms with E-state index in [0.717, 1.165) is 38.9 Å². The molecule has 1 amide bonds. The Morgan fingerprint density at radius 3 is 3.03 bits per heavy atom. The van der Waals surface area contributed by atoms with Crippen LogP contribution < -0.4 is 5.32 Å². The Hall–Kier alpha value is -2.71. The standard InChI is InChI=1S/C21H25N3O3.CH2O2/c25-20(16-5-9-26-13-16)23-11-17-18-12-24(8-4-15-2-1-7-22-10-15)14-21(18)6-3-19(17)27-21;2-1-3/h1-2,5,7,9-10,13,17-19H,3-4,6,8,11-12,14H2,(H,23,25);1H,(H,2,3)/t17-,18+,19+,21+;/m0./s1. The number of nitrogens with zero attached hydrogens (tertiary/aromatic N) is 2. The van der Waals surface area contributed by atoms with E-state index in [1.807, 2.05) is 18.5 Å². The highest BCUT2D eigenvalue weighted by Crippen LogP contribution is 2.54. The van der Waals surface area contributed by atoms with Crippen LogP contribution in [-0.2, 0) is 16.0 Å². The van der Waals surface area contributed by atoms with Gasteiger partial charge < -0.3 is 19.6 Å². The van der Waals surface area contributed by atoms with Crippen molar-refractivity contribution in [1.29, 1.82) is 0 Å². The van der Waals surface area contributed by atoms with E-state index in [1.54, 1.807) is 6.07 Å². The van der Waals surface area contributed by atoms with Crippen LogP contribution in [0, 0.1) is 11.8 Å². The van der Waals surface area contributed by atoms with Crippen LogP contribution in [0.25, 0.3) is 0 Å². The molecule has 1 spiro atoms. The van der Waals surface area contributed by atoms with E-state index >= 15 is 0 Å². The summed E-state index contributed by atoms with van der Waals surface area (Å²) in [5, 5.41) is 9.98. The predicted octanol–water partition coefficient (Wildman–Crippen LogP) is 1.83. The first-order chi connectivity index (χ1) is 14.6. The van der Waals surface area contributed by atoms with Crippen LogP contribution in [0.15, 0.2) is 47.5 Å². The molecule has 2 bridgehead atoms. The number of hydrogen-bond acceptors (Lipinski definition) is 6. The number of nitrogens with one attached hydrogen (secondary N) is 1. The molecule has 0 radical (unpaired) electrons. The van der Waals surface area contributed by atoms with Crippen molar-refractivity contribution in [2.45, 2.75) is 31.0 Å². The quantitative estimate of drug-likeness (QED) is 0.696. The third-order valence-electron chi connectivity index (χ3n) is 6.58. The summed E-state index contributed by atoms with van der Waals surface area (Å²) in [6.07, 6.45) is 10.4. The van der Waals surface area contributed by atoms with Crippen molar-refractivity contribution >= 4 is 12.4 Å². The summed E-state index contributed by atoms with van der Waals surface area (Å²) >= 11 is 0. The van der Waals surface area contributed by atoms with Crippen LogP contribution in [0.1, 0.15) is 28.8 Å². The molecule has 0 aromatic carbocycles. The molecule has 2 aromatic heterocycles. The Kier molecular flexibility index (Phi) is 6.15. The van der Waals surface area contributed by atoms with Crippen molar-refractivity contribution in [3.63, 3.8) is 0 Å². The average molecular weight is 413 g/mol.